The first-order chi connectivity index (χ1) is 7.48. The summed E-state index contributed by atoms with van der Waals surface area (Å²) in [7, 11) is 0. The number of hydrogen-bond acceptors (Lipinski definition) is 1. The van der Waals surface area contributed by atoms with Crippen molar-refractivity contribution in [1.29, 1.82) is 0 Å². The van der Waals surface area contributed by atoms with E-state index in [-0.39, 0.29) is 6.04 Å². The monoisotopic (exact) mass is 229 g/mol. The third-order valence-electron chi connectivity index (χ3n) is 3.28. The third kappa shape index (κ3) is 2.21. The van der Waals surface area contributed by atoms with Crippen LogP contribution in [0, 0.1) is 5.92 Å². The molecule has 0 saturated heterocycles. The predicted molar refractivity (Wildman–Crippen MR) is 55.7 cm³/mol. The summed E-state index contributed by atoms with van der Waals surface area (Å²) in [5.41, 5.74) is 6.17. The Kier molecular flexibility index (Phi) is 2.93. The van der Waals surface area contributed by atoms with Gasteiger partial charge in [0.1, 0.15) is 0 Å². The van der Waals surface area contributed by atoms with Gasteiger partial charge in [-0.1, -0.05) is 18.6 Å². The summed E-state index contributed by atoms with van der Waals surface area (Å²) in [4.78, 5) is 0. The van der Waals surface area contributed by atoms with E-state index in [1.807, 2.05) is 0 Å². The van der Waals surface area contributed by atoms with Gasteiger partial charge in [-0.15, -0.1) is 0 Å². The Labute approximate surface area is 92.5 Å². The molecular weight excluding hydrogens is 215 g/mol. The highest BCUT2D eigenvalue weighted by Crippen LogP contribution is 2.37. The molecule has 0 unspecified atom stereocenters. The van der Waals surface area contributed by atoms with E-state index in [2.05, 4.69) is 0 Å². The van der Waals surface area contributed by atoms with Crippen LogP contribution in [0.3, 0.4) is 0 Å². The summed E-state index contributed by atoms with van der Waals surface area (Å²) >= 11 is 0. The molecule has 1 atom stereocenters. The first-order valence-electron chi connectivity index (χ1n) is 5.41. The fraction of sp³-hybridized carbons (Fsp3) is 0.500. The molecule has 0 aliphatic heterocycles. The maximum atomic E-state index is 12.3. The van der Waals surface area contributed by atoms with Crippen LogP contribution in [-0.4, -0.2) is 0 Å². The molecule has 16 heavy (non-hydrogen) atoms. The van der Waals surface area contributed by atoms with Crippen LogP contribution >= 0.6 is 0 Å². The van der Waals surface area contributed by atoms with Gasteiger partial charge in [-0.3, -0.25) is 0 Å². The molecule has 1 nitrogen and oxygen atoms in total. The molecule has 4 heteroatoms. The zero-order valence-corrected chi connectivity index (χ0v) is 8.80. The molecule has 0 radical (unpaired) electrons. The van der Waals surface area contributed by atoms with Gasteiger partial charge in [0.2, 0.25) is 0 Å². The van der Waals surface area contributed by atoms with Gasteiger partial charge < -0.3 is 5.73 Å². The van der Waals surface area contributed by atoms with Crippen molar-refractivity contribution in [3.63, 3.8) is 0 Å². The predicted octanol–water partition coefficient (Wildman–Crippen LogP) is 3.51. The number of halogens is 3. The average molecular weight is 229 g/mol. The number of nitrogens with two attached hydrogens (primary N) is 1. The van der Waals surface area contributed by atoms with Gasteiger partial charge in [0.05, 0.1) is 5.56 Å². The molecule has 2 rings (SSSR count). The SMILES string of the molecule is N[C@H](c1ccc(C(F)(F)F)cc1)C1CCC1. The first-order valence-corrected chi connectivity index (χ1v) is 5.41. The van der Waals surface area contributed by atoms with E-state index in [4.69, 9.17) is 5.73 Å². The van der Waals surface area contributed by atoms with Crippen molar-refractivity contribution in [2.45, 2.75) is 31.5 Å². The molecule has 2 N–H and O–H groups in total. The number of hydrogen-bond donors (Lipinski definition) is 1. The van der Waals surface area contributed by atoms with Crippen LogP contribution in [0.4, 0.5) is 13.2 Å². The van der Waals surface area contributed by atoms with Crippen LogP contribution in [0.1, 0.15) is 36.4 Å². The zero-order valence-electron chi connectivity index (χ0n) is 8.80. The van der Waals surface area contributed by atoms with Crippen molar-refractivity contribution >= 4 is 0 Å². The van der Waals surface area contributed by atoms with Crippen molar-refractivity contribution < 1.29 is 13.2 Å². The van der Waals surface area contributed by atoms with Crippen molar-refractivity contribution in [2.75, 3.05) is 0 Å². The molecule has 1 aliphatic rings. The minimum absolute atomic E-state index is 0.115. The Hall–Kier alpha value is -1.03. The smallest absolute Gasteiger partial charge is 0.324 e. The molecule has 0 spiro atoms. The van der Waals surface area contributed by atoms with Gasteiger partial charge in [-0.05, 0) is 36.5 Å². The second-order valence-electron chi connectivity index (χ2n) is 4.34. The lowest BCUT2D eigenvalue weighted by Gasteiger charge is -2.31. The molecule has 1 aliphatic carbocycles. The lowest BCUT2D eigenvalue weighted by Crippen LogP contribution is -2.26. The molecule has 1 fully saturated rings. The fourth-order valence-electron chi connectivity index (χ4n) is 1.97. The molecule has 0 aromatic heterocycles. The maximum absolute atomic E-state index is 12.3. The number of rotatable bonds is 2. The van der Waals surface area contributed by atoms with E-state index in [1.165, 1.54) is 18.6 Å². The molecule has 0 amide bonds. The Balaban J connectivity index is 2.12. The molecular formula is C12H14F3N. The highest BCUT2D eigenvalue weighted by molar-refractivity contribution is 5.27. The van der Waals surface area contributed by atoms with Crippen molar-refractivity contribution in [1.82, 2.24) is 0 Å². The van der Waals surface area contributed by atoms with Crippen LogP contribution in [-0.2, 0) is 6.18 Å². The summed E-state index contributed by atoms with van der Waals surface area (Å²) in [5.74, 6) is 0.441. The second-order valence-corrected chi connectivity index (χ2v) is 4.34. The van der Waals surface area contributed by atoms with E-state index in [0.717, 1.165) is 30.5 Å². The van der Waals surface area contributed by atoms with Crippen molar-refractivity contribution in [3.05, 3.63) is 35.4 Å². The van der Waals surface area contributed by atoms with Crippen LogP contribution in [0.2, 0.25) is 0 Å². The Morgan fingerprint density at radius 3 is 2.06 bits per heavy atom. The molecule has 1 saturated carbocycles. The van der Waals surface area contributed by atoms with Crippen LogP contribution in [0.5, 0.6) is 0 Å². The third-order valence-corrected chi connectivity index (χ3v) is 3.28. The van der Waals surface area contributed by atoms with Crippen molar-refractivity contribution in [3.8, 4) is 0 Å². The summed E-state index contributed by atoms with van der Waals surface area (Å²) in [6.07, 6.45) is -0.914. The summed E-state index contributed by atoms with van der Waals surface area (Å²) in [5, 5.41) is 0. The Bertz CT molecular complexity index is 352. The quantitative estimate of drug-likeness (QED) is 0.825. The molecule has 0 heterocycles. The van der Waals surface area contributed by atoms with E-state index in [0.29, 0.717) is 5.92 Å². The summed E-state index contributed by atoms with van der Waals surface area (Å²) in [6.45, 7) is 0. The van der Waals surface area contributed by atoms with E-state index >= 15 is 0 Å². The van der Waals surface area contributed by atoms with Crippen LogP contribution < -0.4 is 5.73 Å². The summed E-state index contributed by atoms with van der Waals surface area (Å²) < 4.78 is 37.0. The number of alkyl halides is 3. The maximum Gasteiger partial charge on any atom is 0.416 e. The molecule has 1 aromatic carbocycles. The molecule has 1 aromatic rings. The number of benzene rings is 1. The van der Waals surface area contributed by atoms with Gasteiger partial charge >= 0.3 is 6.18 Å². The van der Waals surface area contributed by atoms with Gasteiger partial charge in [-0.2, -0.15) is 13.2 Å². The zero-order chi connectivity index (χ0) is 11.8. The van der Waals surface area contributed by atoms with E-state index < -0.39 is 11.7 Å². The minimum Gasteiger partial charge on any atom is -0.324 e. The fourth-order valence-corrected chi connectivity index (χ4v) is 1.97. The highest BCUT2D eigenvalue weighted by atomic mass is 19.4. The Morgan fingerprint density at radius 1 is 1.12 bits per heavy atom. The normalized spacial score (nSPS) is 19.2. The molecule has 88 valence electrons. The topological polar surface area (TPSA) is 26.0 Å². The lowest BCUT2D eigenvalue weighted by atomic mass is 9.77. The van der Waals surface area contributed by atoms with Gasteiger partial charge in [0.25, 0.3) is 0 Å². The van der Waals surface area contributed by atoms with Gasteiger partial charge in [-0.25, -0.2) is 0 Å². The van der Waals surface area contributed by atoms with Gasteiger partial charge in [0.15, 0.2) is 0 Å². The Morgan fingerprint density at radius 2 is 1.69 bits per heavy atom. The molecule has 0 bridgehead atoms. The van der Waals surface area contributed by atoms with Crippen LogP contribution in [0.25, 0.3) is 0 Å². The first kappa shape index (κ1) is 11.5. The summed E-state index contributed by atoms with van der Waals surface area (Å²) in [6, 6.07) is 5.08. The van der Waals surface area contributed by atoms with Gasteiger partial charge in [0, 0.05) is 6.04 Å². The minimum atomic E-state index is -4.26. The average Bonchev–Trinajstić information content (AvgIpc) is 2.14. The van der Waals surface area contributed by atoms with Crippen LogP contribution in [0.15, 0.2) is 24.3 Å². The van der Waals surface area contributed by atoms with E-state index in [1.54, 1.807) is 0 Å². The standard InChI is InChI=1S/C12H14F3N/c13-12(14,15)10-6-4-9(5-7-10)11(16)8-2-1-3-8/h4-8,11H,1-3,16H2/t11-/m0/s1. The van der Waals surface area contributed by atoms with E-state index in [9.17, 15) is 13.2 Å². The lowest BCUT2D eigenvalue weighted by molar-refractivity contribution is -0.137. The largest absolute Gasteiger partial charge is 0.416 e. The van der Waals surface area contributed by atoms with Crippen molar-refractivity contribution in [2.24, 2.45) is 11.7 Å². The highest BCUT2D eigenvalue weighted by Gasteiger charge is 2.31. The second kappa shape index (κ2) is 4.09.